The fraction of sp³-hybridized carbons (Fsp3) is 0.900. The summed E-state index contributed by atoms with van der Waals surface area (Å²) in [6, 6.07) is 0. The topological polar surface area (TPSA) is 0 Å². The van der Waals surface area contributed by atoms with Gasteiger partial charge in [0, 0.05) is 0 Å². The van der Waals surface area contributed by atoms with Gasteiger partial charge in [-0.15, -0.1) is 0 Å². The van der Waals surface area contributed by atoms with Crippen molar-refractivity contribution in [1.29, 1.82) is 0 Å². The zero-order valence-corrected chi connectivity index (χ0v) is 7.59. The lowest BCUT2D eigenvalue weighted by atomic mass is 10.0. The third-order valence-corrected chi connectivity index (χ3v) is 2.94. The first-order valence-corrected chi connectivity index (χ1v) is 4.38. The zero-order chi connectivity index (χ0) is 7.89. The van der Waals surface area contributed by atoms with Crippen LogP contribution in [0.5, 0.6) is 0 Å². The molecule has 0 aromatic rings. The first kappa shape index (κ1) is 8.10. The second kappa shape index (κ2) is 2.56. The van der Waals surface area contributed by atoms with E-state index in [1.165, 1.54) is 0 Å². The van der Waals surface area contributed by atoms with Crippen LogP contribution < -0.4 is 0 Å². The molecule has 0 radical (unpaired) electrons. The Hall–Kier alpha value is 0. The first-order valence-electron chi connectivity index (χ1n) is 4.38. The van der Waals surface area contributed by atoms with Crippen molar-refractivity contribution in [2.75, 3.05) is 0 Å². The molecule has 1 aliphatic rings. The summed E-state index contributed by atoms with van der Waals surface area (Å²) in [5, 5.41) is 0. The van der Waals surface area contributed by atoms with Crippen LogP contribution in [0.2, 0.25) is 0 Å². The molecule has 0 saturated heterocycles. The summed E-state index contributed by atoms with van der Waals surface area (Å²) < 4.78 is 0. The minimum absolute atomic E-state index is 0.655. The van der Waals surface area contributed by atoms with Crippen molar-refractivity contribution in [3.05, 3.63) is 6.92 Å². The van der Waals surface area contributed by atoms with Crippen molar-refractivity contribution < 1.29 is 0 Å². The number of hydrogen-bond acceptors (Lipinski definition) is 0. The second-order valence-electron chi connectivity index (χ2n) is 4.24. The predicted molar refractivity (Wildman–Crippen MR) is 45.5 cm³/mol. The molecule has 4 atom stereocenters. The van der Waals surface area contributed by atoms with E-state index in [2.05, 4.69) is 34.6 Å². The smallest absolute Gasteiger partial charge is 0.0354 e. The first-order chi connectivity index (χ1) is 4.55. The molecule has 0 aromatic heterocycles. The SMILES string of the molecule is [CH2-]C(C)C1C(C)C1C(C)C. The molecule has 1 fully saturated rings. The third kappa shape index (κ3) is 1.21. The van der Waals surface area contributed by atoms with Gasteiger partial charge in [0.15, 0.2) is 0 Å². The van der Waals surface area contributed by atoms with Gasteiger partial charge in [0.2, 0.25) is 0 Å². The summed E-state index contributed by atoms with van der Waals surface area (Å²) >= 11 is 0. The Morgan fingerprint density at radius 3 is 1.70 bits per heavy atom. The highest BCUT2D eigenvalue weighted by molar-refractivity contribution is 4.98. The molecule has 4 unspecified atom stereocenters. The van der Waals surface area contributed by atoms with Gasteiger partial charge in [-0.25, -0.2) is 0 Å². The standard InChI is InChI=1S/C10H19/c1-6(2)9-8(5)10(9)7(3)4/h6-10H,1H2,2-5H3/q-1. The highest BCUT2D eigenvalue weighted by atomic mass is 14.5. The molecule has 0 aliphatic heterocycles. The quantitative estimate of drug-likeness (QED) is 0.516. The number of rotatable bonds is 2. The molecule has 1 rings (SSSR count). The van der Waals surface area contributed by atoms with Gasteiger partial charge >= 0.3 is 0 Å². The average molecular weight is 139 g/mol. The van der Waals surface area contributed by atoms with Gasteiger partial charge in [0.1, 0.15) is 0 Å². The second-order valence-corrected chi connectivity index (χ2v) is 4.24. The van der Waals surface area contributed by atoms with Gasteiger partial charge in [-0.2, -0.15) is 5.92 Å². The lowest BCUT2D eigenvalue weighted by Crippen LogP contribution is -1.97. The van der Waals surface area contributed by atoms with Gasteiger partial charge in [-0.05, 0) is 17.8 Å². The third-order valence-electron chi connectivity index (χ3n) is 2.94. The highest BCUT2D eigenvalue weighted by Gasteiger charge is 2.46. The molecule has 0 bridgehead atoms. The largest absolute Gasteiger partial charge is 0.340 e. The molecule has 60 valence electrons. The van der Waals surface area contributed by atoms with Gasteiger partial charge < -0.3 is 6.92 Å². The summed E-state index contributed by atoms with van der Waals surface area (Å²) in [6.07, 6.45) is 0. The van der Waals surface area contributed by atoms with Gasteiger partial charge in [0.05, 0.1) is 0 Å². The molecule has 0 aromatic carbocycles. The number of hydrogen-bond donors (Lipinski definition) is 0. The summed E-state index contributed by atoms with van der Waals surface area (Å²) in [6.45, 7) is 13.3. The van der Waals surface area contributed by atoms with Crippen LogP contribution in [0, 0.1) is 36.5 Å². The van der Waals surface area contributed by atoms with Gasteiger partial charge in [0.25, 0.3) is 0 Å². The average Bonchev–Trinajstić information content (AvgIpc) is 2.40. The van der Waals surface area contributed by atoms with E-state index in [1.807, 2.05) is 0 Å². The summed E-state index contributed by atoms with van der Waals surface area (Å²) in [4.78, 5) is 0. The molecule has 0 amide bonds. The Labute approximate surface area is 65.0 Å². The maximum absolute atomic E-state index is 4.08. The summed E-state index contributed by atoms with van der Waals surface area (Å²) in [7, 11) is 0. The van der Waals surface area contributed by atoms with E-state index in [0.29, 0.717) is 5.92 Å². The molecular weight excluding hydrogens is 120 g/mol. The van der Waals surface area contributed by atoms with Gasteiger partial charge in [-0.1, -0.05) is 33.6 Å². The van der Waals surface area contributed by atoms with Crippen molar-refractivity contribution in [2.45, 2.75) is 27.7 Å². The Morgan fingerprint density at radius 1 is 1.10 bits per heavy atom. The van der Waals surface area contributed by atoms with Crippen LogP contribution in [0.1, 0.15) is 27.7 Å². The lowest BCUT2D eigenvalue weighted by molar-refractivity contribution is 0.470. The van der Waals surface area contributed by atoms with Crippen LogP contribution in [-0.4, -0.2) is 0 Å². The van der Waals surface area contributed by atoms with Crippen LogP contribution >= 0.6 is 0 Å². The Kier molecular flexibility index (Phi) is 2.07. The van der Waals surface area contributed by atoms with E-state index in [9.17, 15) is 0 Å². The fourth-order valence-corrected chi connectivity index (χ4v) is 2.47. The molecule has 1 aliphatic carbocycles. The molecule has 0 spiro atoms. The summed E-state index contributed by atoms with van der Waals surface area (Å²) in [5.74, 6) is 4.34. The van der Waals surface area contributed by atoms with Crippen molar-refractivity contribution in [3.63, 3.8) is 0 Å². The van der Waals surface area contributed by atoms with E-state index in [0.717, 1.165) is 23.7 Å². The van der Waals surface area contributed by atoms with Gasteiger partial charge in [-0.3, -0.25) is 0 Å². The van der Waals surface area contributed by atoms with E-state index >= 15 is 0 Å². The van der Waals surface area contributed by atoms with E-state index in [4.69, 9.17) is 0 Å². The molecule has 0 nitrogen and oxygen atoms in total. The molecule has 0 heteroatoms. The van der Waals surface area contributed by atoms with Crippen molar-refractivity contribution in [2.24, 2.45) is 29.6 Å². The van der Waals surface area contributed by atoms with Crippen LogP contribution in [0.4, 0.5) is 0 Å². The predicted octanol–water partition coefficient (Wildman–Crippen LogP) is 2.99. The Morgan fingerprint density at radius 2 is 1.60 bits per heavy atom. The minimum Gasteiger partial charge on any atom is -0.340 e. The molecule has 1 saturated carbocycles. The van der Waals surface area contributed by atoms with Crippen LogP contribution in [0.15, 0.2) is 0 Å². The molecule has 0 heterocycles. The zero-order valence-electron chi connectivity index (χ0n) is 7.59. The van der Waals surface area contributed by atoms with Crippen molar-refractivity contribution in [1.82, 2.24) is 0 Å². The monoisotopic (exact) mass is 139 g/mol. The van der Waals surface area contributed by atoms with Crippen LogP contribution in [-0.2, 0) is 0 Å². The molecule has 0 N–H and O–H groups in total. The molecule has 10 heavy (non-hydrogen) atoms. The van der Waals surface area contributed by atoms with Crippen LogP contribution in [0.3, 0.4) is 0 Å². The van der Waals surface area contributed by atoms with E-state index < -0.39 is 0 Å². The lowest BCUT2D eigenvalue weighted by Gasteiger charge is -2.10. The van der Waals surface area contributed by atoms with E-state index in [-0.39, 0.29) is 0 Å². The summed E-state index contributed by atoms with van der Waals surface area (Å²) in [5.41, 5.74) is 0. The minimum atomic E-state index is 0.655. The van der Waals surface area contributed by atoms with Crippen LogP contribution in [0.25, 0.3) is 0 Å². The Balaban J connectivity index is 2.41. The Bertz CT molecular complexity index is 99.2. The van der Waals surface area contributed by atoms with E-state index in [1.54, 1.807) is 0 Å². The molecular formula is C10H19-. The normalized spacial score (nSPS) is 42.0. The maximum atomic E-state index is 4.08. The van der Waals surface area contributed by atoms with Crippen molar-refractivity contribution in [3.8, 4) is 0 Å². The fourth-order valence-electron chi connectivity index (χ4n) is 2.47. The van der Waals surface area contributed by atoms with Crippen molar-refractivity contribution >= 4 is 0 Å². The highest BCUT2D eigenvalue weighted by Crippen LogP contribution is 2.54. The maximum Gasteiger partial charge on any atom is -0.0354 e.